The molecule has 3 aromatic carbocycles. The van der Waals surface area contributed by atoms with Crippen LogP contribution in [0.5, 0.6) is 5.75 Å². The number of rotatable bonds is 10. The van der Waals surface area contributed by atoms with Crippen molar-refractivity contribution >= 4 is 51.4 Å². The molecule has 0 unspecified atom stereocenters. The van der Waals surface area contributed by atoms with Crippen molar-refractivity contribution in [2.24, 2.45) is 0 Å². The molecule has 11 heteroatoms. The predicted molar refractivity (Wildman–Crippen MR) is 146 cm³/mol. The first kappa shape index (κ1) is 25.9. The number of carbonyl (C=O) groups is 2. The van der Waals surface area contributed by atoms with Gasteiger partial charge in [-0.15, -0.1) is 23.1 Å². The third-order valence-corrected chi connectivity index (χ3v) is 6.78. The maximum absolute atomic E-state index is 12.4. The number of thiazole rings is 1. The average molecular weight is 535 g/mol. The maximum Gasteiger partial charge on any atom is 0.270 e. The summed E-state index contributed by atoms with van der Waals surface area (Å²) in [5, 5.41) is 18.8. The van der Waals surface area contributed by atoms with Crippen LogP contribution < -0.4 is 15.4 Å². The van der Waals surface area contributed by atoms with Gasteiger partial charge >= 0.3 is 0 Å². The highest BCUT2D eigenvalue weighted by atomic mass is 32.2. The van der Waals surface area contributed by atoms with Crippen LogP contribution in [-0.2, 0) is 4.79 Å². The lowest BCUT2D eigenvalue weighted by atomic mass is 10.2. The fourth-order valence-electron chi connectivity index (χ4n) is 3.26. The summed E-state index contributed by atoms with van der Waals surface area (Å²) in [5.74, 6) is 0.360. The topological polar surface area (TPSA) is 123 Å². The van der Waals surface area contributed by atoms with Crippen LogP contribution in [0.15, 0.2) is 83.1 Å². The quantitative estimate of drug-likeness (QED) is 0.143. The molecule has 188 valence electrons. The highest BCUT2D eigenvalue weighted by Gasteiger charge is 2.12. The molecule has 0 saturated carbocycles. The van der Waals surface area contributed by atoms with Crippen LogP contribution >= 0.6 is 23.1 Å². The van der Waals surface area contributed by atoms with Gasteiger partial charge in [-0.05, 0) is 61.5 Å². The van der Waals surface area contributed by atoms with Gasteiger partial charge in [-0.25, -0.2) is 4.98 Å². The van der Waals surface area contributed by atoms with Gasteiger partial charge in [-0.1, -0.05) is 6.07 Å². The van der Waals surface area contributed by atoms with Crippen molar-refractivity contribution in [3.63, 3.8) is 0 Å². The molecule has 0 saturated heterocycles. The predicted octanol–water partition coefficient (Wildman–Crippen LogP) is 6.10. The summed E-state index contributed by atoms with van der Waals surface area (Å²) < 4.78 is 5.45. The molecule has 0 aliphatic carbocycles. The minimum Gasteiger partial charge on any atom is -0.494 e. The zero-order chi connectivity index (χ0) is 26.2. The molecular formula is C26H22N4O5S2. The van der Waals surface area contributed by atoms with Crippen LogP contribution in [0.2, 0.25) is 0 Å². The van der Waals surface area contributed by atoms with E-state index in [2.05, 4.69) is 15.6 Å². The molecule has 0 aliphatic rings. The zero-order valence-electron chi connectivity index (χ0n) is 19.7. The van der Waals surface area contributed by atoms with Gasteiger partial charge in [-0.2, -0.15) is 0 Å². The number of nitrogens with zero attached hydrogens (tertiary/aromatic N) is 2. The first-order valence-electron chi connectivity index (χ1n) is 11.2. The van der Waals surface area contributed by atoms with Crippen molar-refractivity contribution in [1.29, 1.82) is 0 Å². The minimum atomic E-state index is -0.547. The van der Waals surface area contributed by atoms with Crippen molar-refractivity contribution in [2.75, 3.05) is 23.0 Å². The largest absolute Gasteiger partial charge is 0.494 e. The Hall–Kier alpha value is -4.22. The molecule has 1 heterocycles. The van der Waals surface area contributed by atoms with Crippen molar-refractivity contribution in [2.45, 2.75) is 11.8 Å². The molecule has 0 fully saturated rings. The van der Waals surface area contributed by atoms with Crippen LogP contribution in [-0.4, -0.2) is 34.1 Å². The molecule has 1 aromatic heterocycles. The van der Waals surface area contributed by atoms with Gasteiger partial charge in [0.1, 0.15) is 5.75 Å². The van der Waals surface area contributed by atoms with Gasteiger partial charge in [-0.3, -0.25) is 19.7 Å². The number of hydrogen-bond donors (Lipinski definition) is 2. The second-order valence-electron chi connectivity index (χ2n) is 7.62. The Bertz CT molecular complexity index is 1410. The Kier molecular flexibility index (Phi) is 8.49. The SMILES string of the molecule is CCOc1ccc(-c2csc(NC(=O)CSc3ccc(NC(=O)c4cccc([N+](=O)[O-])c4)cc3)n2)cc1. The van der Waals surface area contributed by atoms with Crippen molar-refractivity contribution in [3.05, 3.63) is 93.9 Å². The molecular weight excluding hydrogens is 512 g/mol. The van der Waals surface area contributed by atoms with Crippen LogP contribution in [0.25, 0.3) is 11.3 Å². The highest BCUT2D eigenvalue weighted by Crippen LogP contribution is 2.27. The minimum absolute atomic E-state index is 0.150. The van der Waals surface area contributed by atoms with Gasteiger partial charge in [0.2, 0.25) is 5.91 Å². The Morgan fingerprint density at radius 2 is 1.81 bits per heavy atom. The molecule has 37 heavy (non-hydrogen) atoms. The molecule has 2 N–H and O–H groups in total. The summed E-state index contributed by atoms with van der Waals surface area (Å²) in [7, 11) is 0. The third-order valence-electron chi connectivity index (χ3n) is 5.01. The van der Waals surface area contributed by atoms with Crippen LogP contribution in [0.4, 0.5) is 16.5 Å². The number of carbonyl (C=O) groups excluding carboxylic acids is 2. The lowest BCUT2D eigenvalue weighted by molar-refractivity contribution is -0.384. The van der Waals surface area contributed by atoms with Gasteiger partial charge in [0.05, 0.1) is 23.0 Å². The van der Waals surface area contributed by atoms with E-state index in [1.54, 1.807) is 24.3 Å². The molecule has 0 spiro atoms. The number of benzene rings is 3. The maximum atomic E-state index is 12.4. The van der Waals surface area contributed by atoms with Gasteiger partial charge < -0.3 is 15.4 Å². The van der Waals surface area contributed by atoms with E-state index >= 15 is 0 Å². The summed E-state index contributed by atoms with van der Waals surface area (Å²) in [5.41, 5.74) is 2.29. The van der Waals surface area contributed by atoms with Crippen molar-refractivity contribution < 1.29 is 19.2 Å². The number of thioether (sulfide) groups is 1. The second-order valence-corrected chi connectivity index (χ2v) is 9.52. The zero-order valence-corrected chi connectivity index (χ0v) is 21.3. The van der Waals surface area contributed by atoms with E-state index in [1.807, 2.05) is 36.6 Å². The standard InChI is InChI=1S/C26H22N4O5S2/c1-2-35-21-10-6-17(7-11-21)23-15-37-26(28-23)29-24(31)16-36-22-12-8-19(9-13-22)27-25(32)18-4-3-5-20(14-18)30(33)34/h3-15H,2,16H2,1H3,(H,27,32)(H,28,29,31). The number of anilines is 2. The molecule has 0 atom stereocenters. The third kappa shape index (κ3) is 7.15. The van der Waals surface area contributed by atoms with E-state index in [9.17, 15) is 19.7 Å². The van der Waals surface area contributed by atoms with Gasteiger partial charge in [0.25, 0.3) is 11.6 Å². The van der Waals surface area contributed by atoms with E-state index in [1.165, 1.54) is 47.4 Å². The number of aromatic nitrogens is 1. The molecule has 4 aromatic rings. The number of hydrogen-bond acceptors (Lipinski definition) is 8. The summed E-state index contributed by atoms with van der Waals surface area (Å²) in [6.07, 6.45) is 0. The first-order valence-corrected chi connectivity index (χ1v) is 13.0. The van der Waals surface area contributed by atoms with Crippen LogP contribution in [0.1, 0.15) is 17.3 Å². The first-order chi connectivity index (χ1) is 17.9. The number of amides is 2. The average Bonchev–Trinajstić information content (AvgIpc) is 3.37. The monoisotopic (exact) mass is 534 g/mol. The summed E-state index contributed by atoms with van der Waals surface area (Å²) in [6, 6.07) is 20.1. The number of non-ortho nitro benzene ring substituents is 1. The van der Waals surface area contributed by atoms with Gasteiger partial charge in [0, 0.05) is 39.2 Å². The van der Waals surface area contributed by atoms with Crippen LogP contribution in [0, 0.1) is 10.1 Å². The Balaban J connectivity index is 1.27. The molecule has 2 amide bonds. The fourth-order valence-corrected chi connectivity index (χ4v) is 4.69. The van der Waals surface area contributed by atoms with E-state index in [-0.39, 0.29) is 22.9 Å². The lowest BCUT2D eigenvalue weighted by Gasteiger charge is -2.07. The molecule has 0 aliphatic heterocycles. The number of nitro groups is 1. The second kappa shape index (κ2) is 12.2. The normalized spacial score (nSPS) is 10.5. The smallest absolute Gasteiger partial charge is 0.270 e. The van der Waals surface area contributed by atoms with Crippen LogP contribution in [0.3, 0.4) is 0 Å². The van der Waals surface area contributed by atoms with Crippen molar-refractivity contribution in [3.8, 4) is 17.0 Å². The number of nitrogens with one attached hydrogen (secondary N) is 2. The molecule has 0 bridgehead atoms. The molecule has 0 radical (unpaired) electrons. The Labute approximate surface area is 221 Å². The summed E-state index contributed by atoms with van der Waals surface area (Å²) in [4.78, 5) is 40.5. The summed E-state index contributed by atoms with van der Waals surface area (Å²) >= 11 is 2.71. The Morgan fingerprint density at radius 1 is 1.05 bits per heavy atom. The highest BCUT2D eigenvalue weighted by molar-refractivity contribution is 8.00. The van der Waals surface area contributed by atoms with E-state index < -0.39 is 10.8 Å². The van der Waals surface area contributed by atoms with E-state index in [0.29, 0.717) is 17.4 Å². The van der Waals surface area contributed by atoms with Crippen molar-refractivity contribution in [1.82, 2.24) is 4.98 Å². The Morgan fingerprint density at radius 3 is 2.51 bits per heavy atom. The lowest BCUT2D eigenvalue weighted by Crippen LogP contribution is -2.13. The van der Waals surface area contributed by atoms with E-state index in [4.69, 9.17) is 4.74 Å². The fraction of sp³-hybridized carbons (Fsp3) is 0.115. The summed E-state index contributed by atoms with van der Waals surface area (Å²) in [6.45, 7) is 2.54. The molecule has 4 rings (SSSR count). The van der Waals surface area contributed by atoms with E-state index in [0.717, 1.165) is 21.9 Å². The number of ether oxygens (including phenoxy) is 1. The number of nitro benzene ring substituents is 1. The van der Waals surface area contributed by atoms with Gasteiger partial charge in [0.15, 0.2) is 5.13 Å². The molecule has 9 nitrogen and oxygen atoms in total.